The molecule has 0 aromatic heterocycles. The maximum atomic E-state index is 12.8. The van der Waals surface area contributed by atoms with E-state index in [9.17, 15) is 9.90 Å². The Morgan fingerprint density at radius 1 is 1.50 bits per heavy atom. The number of carbonyl (C=O) groups excluding carboxylic acids is 1. The van der Waals surface area contributed by atoms with Gasteiger partial charge in [-0.25, -0.2) is 0 Å². The molecule has 1 aromatic carbocycles. The summed E-state index contributed by atoms with van der Waals surface area (Å²) in [6, 6.07) is 7.95. The van der Waals surface area contributed by atoms with Gasteiger partial charge in [0.1, 0.15) is 18.3 Å². The van der Waals surface area contributed by atoms with Crippen LogP contribution in [0.25, 0.3) is 0 Å². The van der Waals surface area contributed by atoms with Crippen LogP contribution in [0.5, 0.6) is 5.75 Å². The van der Waals surface area contributed by atoms with Crippen LogP contribution in [0.3, 0.4) is 0 Å². The van der Waals surface area contributed by atoms with Gasteiger partial charge < -0.3 is 14.7 Å². The minimum Gasteiger partial charge on any atom is -0.492 e. The number of benzene rings is 1. The minimum absolute atomic E-state index is 0.151. The van der Waals surface area contributed by atoms with Gasteiger partial charge in [-0.05, 0) is 32.3 Å². The third-order valence-electron chi connectivity index (χ3n) is 4.27. The van der Waals surface area contributed by atoms with Crippen LogP contribution < -0.4 is 4.74 Å². The van der Waals surface area contributed by atoms with Gasteiger partial charge in [-0.15, -0.1) is 0 Å². The largest absolute Gasteiger partial charge is 0.492 e. The predicted octanol–water partition coefficient (Wildman–Crippen LogP) is 1.92. The van der Waals surface area contributed by atoms with Crippen LogP contribution >= 0.6 is 0 Å². The number of rotatable bonds is 3. The Hall–Kier alpha value is -1.55. The van der Waals surface area contributed by atoms with Gasteiger partial charge in [-0.1, -0.05) is 18.2 Å². The summed E-state index contributed by atoms with van der Waals surface area (Å²) in [5, 5.41) is 9.57. The van der Waals surface area contributed by atoms with Crippen LogP contribution in [0.2, 0.25) is 0 Å². The molecule has 3 rings (SSSR count). The molecule has 0 bridgehead atoms. The van der Waals surface area contributed by atoms with Crippen LogP contribution in [0.15, 0.2) is 24.3 Å². The Bertz CT molecular complexity index is 500. The summed E-state index contributed by atoms with van der Waals surface area (Å²) in [6.45, 7) is 3.03. The molecule has 2 aliphatic heterocycles. The molecule has 4 heteroatoms. The highest BCUT2D eigenvalue weighted by atomic mass is 16.5. The molecule has 0 radical (unpaired) electrons. The molecule has 0 aliphatic carbocycles. The molecule has 0 saturated carbocycles. The first-order chi connectivity index (χ1) is 9.66. The van der Waals surface area contributed by atoms with Crippen molar-refractivity contribution in [2.45, 2.75) is 44.2 Å². The van der Waals surface area contributed by atoms with E-state index in [4.69, 9.17) is 4.74 Å². The van der Waals surface area contributed by atoms with Crippen molar-refractivity contribution in [3.05, 3.63) is 29.8 Å². The number of para-hydroxylation sites is 1. The number of carbonyl (C=O) groups is 1. The Morgan fingerprint density at radius 3 is 3.10 bits per heavy atom. The summed E-state index contributed by atoms with van der Waals surface area (Å²) >= 11 is 0. The van der Waals surface area contributed by atoms with Crippen molar-refractivity contribution >= 4 is 5.91 Å². The number of likely N-dealkylation sites (tertiary alicyclic amines) is 1. The number of nitrogens with zero attached hydrogens (tertiary/aromatic N) is 1. The van der Waals surface area contributed by atoms with Gasteiger partial charge >= 0.3 is 0 Å². The molecule has 0 spiro atoms. The normalized spacial score (nSPS) is 26.2. The first-order valence-electron chi connectivity index (χ1n) is 7.37. The van der Waals surface area contributed by atoms with Gasteiger partial charge in [0.25, 0.3) is 0 Å². The summed E-state index contributed by atoms with van der Waals surface area (Å²) in [5.74, 6) is 0.802. The highest BCUT2D eigenvalue weighted by Gasteiger charge is 2.37. The van der Waals surface area contributed by atoms with Gasteiger partial charge in [0, 0.05) is 18.2 Å². The molecule has 1 aromatic rings. The van der Waals surface area contributed by atoms with E-state index in [2.05, 4.69) is 0 Å². The highest BCUT2D eigenvalue weighted by Crippen LogP contribution is 2.36. The zero-order chi connectivity index (χ0) is 14.1. The lowest BCUT2D eigenvalue weighted by Gasteiger charge is -2.28. The molecule has 1 saturated heterocycles. The molecule has 1 amide bonds. The van der Waals surface area contributed by atoms with Crippen LogP contribution in [0.1, 0.15) is 37.7 Å². The Kier molecular flexibility index (Phi) is 3.66. The molecule has 3 unspecified atom stereocenters. The molecule has 2 heterocycles. The van der Waals surface area contributed by atoms with Gasteiger partial charge in [-0.2, -0.15) is 0 Å². The number of hydrogen-bond acceptors (Lipinski definition) is 3. The van der Waals surface area contributed by atoms with E-state index in [0.29, 0.717) is 13.0 Å². The van der Waals surface area contributed by atoms with E-state index in [1.54, 1.807) is 6.92 Å². The SMILES string of the molecule is CC(O)CC1CCCN1C(=O)C1COc2ccccc21. The summed E-state index contributed by atoms with van der Waals surface area (Å²) in [4.78, 5) is 14.7. The van der Waals surface area contributed by atoms with E-state index in [-0.39, 0.29) is 24.0 Å². The van der Waals surface area contributed by atoms with E-state index < -0.39 is 0 Å². The topological polar surface area (TPSA) is 49.8 Å². The van der Waals surface area contributed by atoms with Crippen molar-refractivity contribution < 1.29 is 14.6 Å². The average molecular weight is 275 g/mol. The van der Waals surface area contributed by atoms with E-state index >= 15 is 0 Å². The Balaban J connectivity index is 1.76. The fourth-order valence-electron chi connectivity index (χ4n) is 3.33. The lowest BCUT2D eigenvalue weighted by Crippen LogP contribution is -2.40. The van der Waals surface area contributed by atoms with Crippen molar-refractivity contribution in [1.29, 1.82) is 0 Å². The Morgan fingerprint density at radius 2 is 2.30 bits per heavy atom. The average Bonchev–Trinajstić information content (AvgIpc) is 3.03. The predicted molar refractivity (Wildman–Crippen MR) is 75.7 cm³/mol. The number of aliphatic hydroxyl groups is 1. The second-order valence-electron chi connectivity index (χ2n) is 5.81. The van der Waals surface area contributed by atoms with E-state index in [1.807, 2.05) is 29.2 Å². The summed E-state index contributed by atoms with van der Waals surface area (Å²) in [6.07, 6.45) is 2.33. The molecule has 1 N–H and O–H groups in total. The first kappa shape index (κ1) is 13.4. The highest BCUT2D eigenvalue weighted by molar-refractivity contribution is 5.86. The quantitative estimate of drug-likeness (QED) is 0.917. The number of hydrogen-bond donors (Lipinski definition) is 1. The fourth-order valence-corrected chi connectivity index (χ4v) is 3.33. The Labute approximate surface area is 119 Å². The van der Waals surface area contributed by atoms with Crippen LogP contribution in [0, 0.1) is 0 Å². The number of amides is 1. The van der Waals surface area contributed by atoms with Gasteiger partial charge in [-0.3, -0.25) is 4.79 Å². The summed E-state index contributed by atoms with van der Waals surface area (Å²) in [5.41, 5.74) is 1.00. The number of aliphatic hydroxyl groups excluding tert-OH is 1. The minimum atomic E-state index is -0.361. The van der Waals surface area contributed by atoms with Crippen LogP contribution in [-0.2, 0) is 4.79 Å². The molecule has 3 atom stereocenters. The molecule has 1 fully saturated rings. The third-order valence-corrected chi connectivity index (χ3v) is 4.27. The van der Waals surface area contributed by atoms with Crippen LogP contribution in [0.4, 0.5) is 0 Å². The van der Waals surface area contributed by atoms with E-state index in [0.717, 1.165) is 30.7 Å². The second-order valence-corrected chi connectivity index (χ2v) is 5.81. The van der Waals surface area contributed by atoms with Crippen molar-refractivity contribution in [3.8, 4) is 5.75 Å². The van der Waals surface area contributed by atoms with Gasteiger partial charge in [0.15, 0.2) is 0 Å². The summed E-state index contributed by atoms with van der Waals surface area (Å²) in [7, 11) is 0. The van der Waals surface area contributed by atoms with Crippen LogP contribution in [-0.4, -0.2) is 41.2 Å². The third kappa shape index (κ3) is 2.40. The van der Waals surface area contributed by atoms with Crippen molar-refractivity contribution in [3.63, 3.8) is 0 Å². The van der Waals surface area contributed by atoms with E-state index in [1.165, 1.54) is 0 Å². The fraction of sp³-hybridized carbons (Fsp3) is 0.562. The van der Waals surface area contributed by atoms with Gasteiger partial charge in [0.2, 0.25) is 5.91 Å². The zero-order valence-electron chi connectivity index (χ0n) is 11.8. The number of ether oxygens (including phenoxy) is 1. The molecule has 4 nitrogen and oxygen atoms in total. The van der Waals surface area contributed by atoms with Crippen molar-refractivity contribution in [2.75, 3.05) is 13.2 Å². The first-order valence-corrected chi connectivity index (χ1v) is 7.37. The van der Waals surface area contributed by atoms with Gasteiger partial charge in [0.05, 0.1) is 6.10 Å². The maximum absolute atomic E-state index is 12.8. The standard InChI is InChI=1S/C16H21NO3/c1-11(18)9-12-5-4-8-17(12)16(19)14-10-20-15-7-3-2-6-13(14)15/h2-3,6-7,11-12,14,18H,4-5,8-10H2,1H3. The smallest absolute Gasteiger partial charge is 0.233 e. The maximum Gasteiger partial charge on any atom is 0.233 e. The molecular weight excluding hydrogens is 254 g/mol. The number of fused-ring (bicyclic) bond motifs is 1. The molecular formula is C16H21NO3. The van der Waals surface area contributed by atoms with Crippen molar-refractivity contribution in [1.82, 2.24) is 4.90 Å². The second kappa shape index (κ2) is 5.44. The summed E-state index contributed by atoms with van der Waals surface area (Å²) < 4.78 is 5.61. The lowest BCUT2D eigenvalue weighted by atomic mass is 9.99. The molecule has 2 aliphatic rings. The molecule has 108 valence electrons. The molecule has 20 heavy (non-hydrogen) atoms. The van der Waals surface area contributed by atoms with Crippen molar-refractivity contribution in [2.24, 2.45) is 0 Å². The lowest BCUT2D eigenvalue weighted by molar-refractivity contribution is -0.134. The zero-order valence-corrected chi connectivity index (χ0v) is 11.8. The monoisotopic (exact) mass is 275 g/mol.